The van der Waals surface area contributed by atoms with Crippen molar-refractivity contribution in [2.75, 3.05) is 0 Å². The van der Waals surface area contributed by atoms with E-state index in [2.05, 4.69) is 0 Å². The molecule has 0 aliphatic carbocycles. The van der Waals surface area contributed by atoms with Crippen LogP contribution in [0.5, 0.6) is 0 Å². The summed E-state index contributed by atoms with van der Waals surface area (Å²) in [7, 11) is 0. The molecular formula is C17H15F3O. The summed E-state index contributed by atoms with van der Waals surface area (Å²) in [6.07, 6.45) is 0.661. The second-order valence-electron chi connectivity index (χ2n) is 4.90. The predicted octanol–water partition coefficient (Wildman–Crippen LogP) is 4.87. The molecule has 2 rings (SSSR count). The van der Waals surface area contributed by atoms with E-state index in [1.807, 2.05) is 6.92 Å². The molecule has 0 bridgehead atoms. The highest BCUT2D eigenvalue weighted by atomic mass is 19.2. The highest BCUT2D eigenvalue weighted by Gasteiger charge is 2.19. The summed E-state index contributed by atoms with van der Waals surface area (Å²) in [6, 6.07) is 10.6. The van der Waals surface area contributed by atoms with E-state index in [1.165, 1.54) is 0 Å². The lowest BCUT2D eigenvalue weighted by Gasteiger charge is -2.15. The summed E-state index contributed by atoms with van der Waals surface area (Å²) < 4.78 is 39.6. The molecule has 2 aromatic carbocycles. The zero-order valence-corrected chi connectivity index (χ0v) is 11.6. The minimum absolute atomic E-state index is 0.104. The van der Waals surface area contributed by atoms with Crippen molar-refractivity contribution in [1.82, 2.24) is 0 Å². The number of rotatable bonds is 5. The molecule has 0 aliphatic heterocycles. The van der Waals surface area contributed by atoms with Crippen LogP contribution >= 0.6 is 0 Å². The summed E-state index contributed by atoms with van der Waals surface area (Å²) >= 11 is 0. The Hall–Kier alpha value is -2.10. The molecule has 0 fully saturated rings. The highest BCUT2D eigenvalue weighted by Crippen LogP contribution is 2.27. The monoisotopic (exact) mass is 292 g/mol. The van der Waals surface area contributed by atoms with Gasteiger partial charge in [0.2, 0.25) is 0 Å². The molecule has 21 heavy (non-hydrogen) atoms. The lowest BCUT2D eigenvalue weighted by molar-refractivity contribution is 0.0972. The Morgan fingerprint density at radius 2 is 1.62 bits per heavy atom. The van der Waals surface area contributed by atoms with Crippen molar-refractivity contribution < 1.29 is 18.0 Å². The second-order valence-corrected chi connectivity index (χ2v) is 4.90. The van der Waals surface area contributed by atoms with Crippen LogP contribution in [0.1, 0.15) is 41.6 Å². The van der Waals surface area contributed by atoms with Gasteiger partial charge in [-0.05, 0) is 30.0 Å². The van der Waals surface area contributed by atoms with Crippen LogP contribution in [0.3, 0.4) is 0 Å². The van der Waals surface area contributed by atoms with Gasteiger partial charge >= 0.3 is 0 Å². The fourth-order valence-electron chi connectivity index (χ4n) is 2.27. The molecule has 0 aromatic heterocycles. The van der Waals surface area contributed by atoms with E-state index < -0.39 is 17.5 Å². The molecule has 1 nitrogen and oxygen atoms in total. The first-order valence-electron chi connectivity index (χ1n) is 6.75. The Labute approximate surface area is 121 Å². The van der Waals surface area contributed by atoms with Crippen LogP contribution in [0.2, 0.25) is 0 Å². The van der Waals surface area contributed by atoms with E-state index in [0.29, 0.717) is 17.5 Å². The van der Waals surface area contributed by atoms with Gasteiger partial charge in [-0.15, -0.1) is 0 Å². The third kappa shape index (κ3) is 3.51. The van der Waals surface area contributed by atoms with Crippen LogP contribution < -0.4 is 0 Å². The van der Waals surface area contributed by atoms with E-state index in [9.17, 15) is 18.0 Å². The van der Waals surface area contributed by atoms with Crippen LogP contribution in [0, 0.1) is 17.5 Å². The first-order valence-corrected chi connectivity index (χ1v) is 6.75. The fraction of sp³-hybridized carbons (Fsp3) is 0.235. The van der Waals surface area contributed by atoms with E-state index in [0.717, 1.165) is 12.1 Å². The lowest BCUT2D eigenvalue weighted by Crippen LogP contribution is -2.08. The highest BCUT2D eigenvalue weighted by molar-refractivity contribution is 5.96. The summed E-state index contributed by atoms with van der Waals surface area (Å²) in [5.41, 5.74) is 0.859. The molecule has 0 amide bonds. The number of Topliss-reactive ketones (excluding diaryl/α,β-unsaturated/α-hetero) is 1. The van der Waals surface area contributed by atoms with Gasteiger partial charge in [-0.3, -0.25) is 4.79 Å². The third-order valence-electron chi connectivity index (χ3n) is 3.50. The average molecular weight is 292 g/mol. The summed E-state index contributed by atoms with van der Waals surface area (Å²) in [6.45, 7) is 1.82. The van der Waals surface area contributed by atoms with E-state index in [-0.39, 0.29) is 18.1 Å². The zero-order chi connectivity index (χ0) is 15.4. The molecule has 0 N–H and O–H groups in total. The van der Waals surface area contributed by atoms with Crippen molar-refractivity contribution in [2.45, 2.75) is 25.7 Å². The topological polar surface area (TPSA) is 17.1 Å². The molecule has 1 unspecified atom stereocenters. The number of hydrogen-bond acceptors (Lipinski definition) is 1. The Morgan fingerprint density at radius 3 is 2.14 bits per heavy atom. The molecule has 1 atom stereocenters. The molecule has 0 radical (unpaired) electrons. The maximum absolute atomic E-state index is 13.3. The minimum Gasteiger partial charge on any atom is -0.294 e. The molecule has 0 saturated heterocycles. The van der Waals surface area contributed by atoms with Crippen molar-refractivity contribution in [3.05, 3.63) is 71.0 Å². The van der Waals surface area contributed by atoms with Crippen LogP contribution in [0.25, 0.3) is 0 Å². The molecule has 0 aliphatic rings. The van der Waals surface area contributed by atoms with Crippen LogP contribution in [0.15, 0.2) is 42.5 Å². The van der Waals surface area contributed by atoms with E-state index in [1.54, 1.807) is 30.3 Å². The summed E-state index contributed by atoms with van der Waals surface area (Å²) in [5.74, 6) is -4.39. The van der Waals surface area contributed by atoms with Gasteiger partial charge in [0, 0.05) is 12.0 Å². The van der Waals surface area contributed by atoms with Gasteiger partial charge in [-0.1, -0.05) is 37.3 Å². The van der Waals surface area contributed by atoms with Gasteiger partial charge in [-0.2, -0.15) is 0 Å². The molecule has 2 aromatic rings. The van der Waals surface area contributed by atoms with Gasteiger partial charge < -0.3 is 0 Å². The van der Waals surface area contributed by atoms with Gasteiger partial charge in [0.05, 0.1) is 0 Å². The Kier molecular flexibility index (Phi) is 4.78. The van der Waals surface area contributed by atoms with Crippen molar-refractivity contribution >= 4 is 5.78 Å². The molecular weight excluding hydrogens is 277 g/mol. The normalized spacial score (nSPS) is 12.2. The van der Waals surface area contributed by atoms with Crippen LogP contribution in [-0.2, 0) is 0 Å². The van der Waals surface area contributed by atoms with Crippen molar-refractivity contribution in [1.29, 1.82) is 0 Å². The maximum atomic E-state index is 13.3. The molecule has 0 heterocycles. The predicted molar refractivity (Wildman–Crippen MR) is 74.7 cm³/mol. The van der Waals surface area contributed by atoms with Gasteiger partial charge in [-0.25, -0.2) is 13.2 Å². The maximum Gasteiger partial charge on any atom is 0.194 e. The summed E-state index contributed by atoms with van der Waals surface area (Å²) in [4.78, 5) is 12.2. The Bertz CT molecular complexity index is 615. The number of hydrogen-bond donors (Lipinski definition) is 0. The number of benzene rings is 2. The first kappa shape index (κ1) is 15.3. The number of carbonyl (C=O) groups excluding carboxylic acids is 1. The van der Waals surface area contributed by atoms with Crippen molar-refractivity contribution in [3.63, 3.8) is 0 Å². The SMILES string of the molecule is CCC(CC(=O)c1ccccc1)c1cc(F)c(F)c(F)c1. The number of carbonyl (C=O) groups is 1. The van der Waals surface area contributed by atoms with Crippen LogP contribution in [0.4, 0.5) is 13.2 Å². The van der Waals surface area contributed by atoms with Crippen molar-refractivity contribution in [3.8, 4) is 0 Å². The van der Waals surface area contributed by atoms with Gasteiger partial charge in [0.1, 0.15) is 0 Å². The van der Waals surface area contributed by atoms with E-state index in [4.69, 9.17) is 0 Å². The van der Waals surface area contributed by atoms with Gasteiger partial charge in [0.25, 0.3) is 0 Å². The lowest BCUT2D eigenvalue weighted by atomic mass is 9.89. The van der Waals surface area contributed by atoms with E-state index >= 15 is 0 Å². The molecule has 110 valence electrons. The first-order chi connectivity index (χ1) is 10.0. The minimum atomic E-state index is -1.48. The molecule has 4 heteroatoms. The zero-order valence-electron chi connectivity index (χ0n) is 11.6. The average Bonchev–Trinajstić information content (AvgIpc) is 2.50. The third-order valence-corrected chi connectivity index (χ3v) is 3.50. The Balaban J connectivity index is 2.23. The molecule has 0 saturated carbocycles. The summed E-state index contributed by atoms with van der Waals surface area (Å²) in [5, 5.41) is 0. The van der Waals surface area contributed by atoms with Gasteiger partial charge in [0.15, 0.2) is 23.2 Å². The number of ketones is 1. The fourth-order valence-corrected chi connectivity index (χ4v) is 2.27. The largest absolute Gasteiger partial charge is 0.294 e. The standard InChI is InChI=1S/C17H15F3O/c1-2-11(10-16(21)12-6-4-3-5-7-12)13-8-14(18)17(20)15(19)9-13/h3-9,11H,2,10H2,1H3. The molecule has 0 spiro atoms. The second kappa shape index (κ2) is 6.57. The van der Waals surface area contributed by atoms with Crippen LogP contribution in [-0.4, -0.2) is 5.78 Å². The number of halogens is 3. The van der Waals surface area contributed by atoms with Crippen molar-refractivity contribution in [2.24, 2.45) is 0 Å². The smallest absolute Gasteiger partial charge is 0.194 e. The Morgan fingerprint density at radius 1 is 1.05 bits per heavy atom. The quantitative estimate of drug-likeness (QED) is 0.567.